The molecule has 1 N–H and O–H groups in total. The number of carbonyl (C=O) groups excluding carboxylic acids is 2. The van der Waals surface area contributed by atoms with Gasteiger partial charge in [0.1, 0.15) is 11.6 Å². The molecule has 0 aliphatic carbocycles. The molecule has 18 heavy (non-hydrogen) atoms. The summed E-state index contributed by atoms with van der Waals surface area (Å²) >= 11 is 0. The Hall–Kier alpha value is -1.30. The fourth-order valence-corrected chi connectivity index (χ4v) is 2.55. The van der Waals surface area contributed by atoms with E-state index in [1.54, 1.807) is 4.90 Å². The lowest BCUT2D eigenvalue weighted by molar-refractivity contribution is -0.144. The van der Waals surface area contributed by atoms with E-state index in [2.05, 4.69) is 5.32 Å². The Bertz CT molecular complexity index is 364. The third kappa shape index (κ3) is 2.43. The maximum atomic E-state index is 12.0. The number of likely N-dealkylation sites (tertiary alicyclic amines) is 1. The topological polar surface area (TPSA) is 67.9 Å². The molecule has 0 aromatic carbocycles. The minimum Gasteiger partial charge on any atom is -0.468 e. The van der Waals surface area contributed by atoms with Crippen molar-refractivity contribution in [1.29, 1.82) is 0 Å². The molecule has 0 aromatic heterocycles. The van der Waals surface area contributed by atoms with Crippen molar-refractivity contribution in [1.82, 2.24) is 10.2 Å². The Morgan fingerprint density at radius 2 is 2.00 bits per heavy atom. The summed E-state index contributed by atoms with van der Waals surface area (Å²) in [6, 6.07) is -0.426. The van der Waals surface area contributed by atoms with Gasteiger partial charge in [-0.2, -0.15) is 0 Å². The number of amides is 1. The molecular weight excluding hydrogens is 236 g/mol. The molecule has 102 valence electrons. The third-order valence-corrected chi connectivity index (χ3v) is 3.23. The molecule has 2 heterocycles. The molecule has 0 radical (unpaired) electrons. The number of carbonyl (C=O) groups is 2. The summed E-state index contributed by atoms with van der Waals surface area (Å²) in [5.74, 6) is -0.323. The van der Waals surface area contributed by atoms with Gasteiger partial charge in [0.2, 0.25) is 0 Å². The van der Waals surface area contributed by atoms with Gasteiger partial charge >= 0.3 is 12.1 Å². The van der Waals surface area contributed by atoms with Crippen molar-refractivity contribution in [2.24, 2.45) is 0 Å². The predicted molar refractivity (Wildman–Crippen MR) is 64.1 cm³/mol. The van der Waals surface area contributed by atoms with Gasteiger partial charge in [-0.3, -0.25) is 10.1 Å². The van der Waals surface area contributed by atoms with Gasteiger partial charge in [0.25, 0.3) is 0 Å². The summed E-state index contributed by atoms with van der Waals surface area (Å²) < 4.78 is 10.1. The van der Waals surface area contributed by atoms with Crippen molar-refractivity contribution in [3.63, 3.8) is 0 Å². The first-order valence-electron chi connectivity index (χ1n) is 6.15. The van der Waals surface area contributed by atoms with Gasteiger partial charge in [-0.05, 0) is 27.2 Å². The molecule has 2 fully saturated rings. The number of fused-ring (bicyclic) bond motifs is 2. The summed E-state index contributed by atoms with van der Waals surface area (Å²) in [5.41, 5.74) is -0.521. The van der Waals surface area contributed by atoms with E-state index in [0.29, 0.717) is 6.54 Å². The zero-order valence-electron chi connectivity index (χ0n) is 11.2. The highest BCUT2D eigenvalue weighted by molar-refractivity contribution is 5.79. The van der Waals surface area contributed by atoms with E-state index >= 15 is 0 Å². The summed E-state index contributed by atoms with van der Waals surface area (Å²) in [7, 11) is 1.35. The largest absolute Gasteiger partial charge is 0.468 e. The lowest BCUT2D eigenvalue weighted by Crippen LogP contribution is -2.57. The lowest BCUT2D eigenvalue weighted by Gasteiger charge is -2.33. The maximum Gasteiger partial charge on any atom is 0.410 e. The average molecular weight is 256 g/mol. The molecule has 0 aromatic rings. The highest BCUT2D eigenvalue weighted by Crippen LogP contribution is 2.30. The normalized spacial score (nSPS) is 30.4. The van der Waals surface area contributed by atoms with Crippen LogP contribution in [-0.2, 0) is 14.3 Å². The smallest absolute Gasteiger partial charge is 0.410 e. The SMILES string of the molecule is COC(=O)C1N[C@@H]2CC1N(C(=O)OC(C)(C)C)C2. The molecule has 2 saturated heterocycles. The molecule has 1 amide bonds. The second kappa shape index (κ2) is 4.42. The maximum absolute atomic E-state index is 12.0. The molecule has 3 atom stereocenters. The van der Waals surface area contributed by atoms with Crippen LogP contribution in [0.5, 0.6) is 0 Å². The van der Waals surface area contributed by atoms with Crippen LogP contribution in [0.15, 0.2) is 0 Å². The van der Waals surface area contributed by atoms with Crippen molar-refractivity contribution in [2.75, 3.05) is 13.7 Å². The number of nitrogens with one attached hydrogen (secondary N) is 1. The average Bonchev–Trinajstić information content (AvgIpc) is 2.84. The molecule has 2 aliphatic heterocycles. The van der Waals surface area contributed by atoms with Crippen LogP contribution in [0.4, 0.5) is 4.79 Å². The van der Waals surface area contributed by atoms with E-state index in [4.69, 9.17) is 9.47 Å². The number of rotatable bonds is 1. The number of hydrogen-bond donors (Lipinski definition) is 1. The van der Waals surface area contributed by atoms with Gasteiger partial charge in [-0.1, -0.05) is 0 Å². The standard InChI is InChI=1S/C12H20N2O4/c1-12(2,3)18-11(16)14-6-7-5-8(14)9(13-7)10(15)17-4/h7-9,13H,5-6H2,1-4H3/t7-,8?,9?/m1/s1. The highest BCUT2D eigenvalue weighted by atomic mass is 16.6. The van der Waals surface area contributed by atoms with Crippen LogP contribution in [0, 0.1) is 0 Å². The highest BCUT2D eigenvalue weighted by Gasteiger charge is 2.51. The van der Waals surface area contributed by atoms with Gasteiger partial charge in [-0.25, -0.2) is 4.79 Å². The number of esters is 1. The van der Waals surface area contributed by atoms with Gasteiger partial charge in [-0.15, -0.1) is 0 Å². The molecule has 6 nitrogen and oxygen atoms in total. The minimum atomic E-state index is -0.521. The first kappa shape index (κ1) is 13.1. The lowest BCUT2D eigenvalue weighted by atomic mass is 10.1. The van der Waals surface area contributed by atoms with Crippen LogP contribution in [-0.4, -0.2) is 54.3 Å². The van der Waals surface area contributed by atoms with E-state index in [-0.39, 0.29) is 24.1 Å². The zero-order chi connectivity index (χ0) is 13.5. The third-order valence-electron chi connectivity index (χ3n) is 3.23. The van der Waals surface area contributed by atoms with E-state index in [0.717, 1.165) is 6.42 Å². The molecular formula is C12H20N2O4. The van der Waals surface area contributed by atoms with Crippen LogP contribution in [0.1, 0.15) is 27.2 Å². The second-order valence-electron chi connectivity index (χ2n) is 5.80. The molecule has 6 heteroatoms. The zero-order valence-corrected chi connectivity index (χ0v) is 11.2. The second-order valence-corrected chi connectivity index (χ2v) is 5.80. The molecule has 2 bridgehead atoms. The van der Waals surface area contributed by atoms with E-state index in [1.807, 2.05) is 20.8 Å². The number of methoxy groups -OCH3 is 1. The van der Waals surface area contributed by atoms with E-state index < -0.39 is 11.6 Å². The summed E-state index contributed by atoms with van der Waals surface area (Å²) in [4.78, 5) is 25.3. The Kier molecular flexibility index (Phi) is 3.23. The molecule has 0 saturated carbocycles. The summed E-state index contributed by atoms with van der Waals surface area (Å²) in [5, 5.41) is 3.16. The van der Waals surface area contributed by atoms with Crippen molar-refractivity contribution in [2.45, 2.75) is 50.9 Å². The molecule has 0 spiro atoms. The summed E-state index contributed by atoms with van der Waals surface area (Å²) in [6.45, 7) is 6.08. The Morgan fingerprint density at radius 3 is 2.50 bits per heavy atom. The van der Waals surface area contributed by atoms with E-state index in [1.165, 1.54) is 7.11 Å². The van der Waals surface area contributed by atoms with Gasteiger partial charge in [0, 0.05) is 12.6 Å². The van der Waals surface area contributed by atoms with E-state index in [9.17, 15) is 9.59 Å². The van der Waals surface area contributed by atoms with Crippen molar-refractivity contribution < 1.29 is 19.1 Å². The number of nitrogens with zero attached hydrogens (tertiary/aromatic N) is 1. The number of ether oxygens (including phenoxy) is 2. The Balaban J connectivity index is 2.04. The first-order valence-corrected chi connectivity index (χ1v) is 6.15. The Labute approximate surface area is 107 Å². The Morgan fingerprint density at radius 1 is 1.33 bits per heavy atom. The molecule has 2 rings (SSSR count). The number of piperazine rings is 1. The van der Waals surface area contributed by atoms with Crippen LogP contribution < -0.4 is 5.32 Å². The molecule has 2 unspecified atom stereocenters. The van der Waals surface area contributed by atoms with Crippen LogP contribution in [0.2, 0.25) is 0 Å². The van der Waals surface area contributed by atoms with Gasteiger partial charge in [0.05, 0.1) is 13.2 Å². The van der Waals surface area contributed by atoms with Crippen molar-refractivity contribution >= 4 is 12.1 Å². The fraction of sp³-hybridized carbons (Fsp3) is 0.833. The van der Waals surface area contributed by atoms with Crippen LogP contribution in [0.25, 0.3) is 0 Å². The van der Waals surface area contributed by atoms with Gasteiger partial charge in [0.15, 0.2) is 0 Å². The van der Waals surface area contributed by atoms with Crippen LogP contribution >= 0.6 is 0 Å². The van der Waals surface area contributed by atoms with Gasteiger partial charge < -0.3 is 14.4 Å². The monoisotopic (exact) mass is 256 g/mol. The summed E-state index contributed by atoms with van der Waals surface area (Å²) in [6.07, 6.45) is 0.421. The first-order chi connectivity index (χ1) is 8.31. The fourth-order valence-electron chi connectivity index (χ4n) is 2.55. The predicted octanol–water partition coefficient (Wildman–Crippen LogP) is 0.509. The van der Waals surface area contributed by atoms with Crippen molar-refractivity contribution in [3.05, 3.63) is 0 Å². The quantitative estimate of drug-likeness (QED) is 0.692. The minimum absolute atomic E-state index is 0.155. The number of hydrogen-bond acceptors (Lipinski definition) is 5. The molecule has 2 aliphatic rings. The van der Waals surface area contributed by atoms with Crippen LogP contribution in [0.3, 0.4) is 0 Å². The van der Waals surface area contributed by atoms with Crippen molar-refractivity contribution in [3.8, 4) is 0 Å².